The largest absolute Gasteiger partial charge is 0.366 e. The molecular formula is C18H27NO2. The summed E-state index contributed by atoms with van der Waals surface area (Å²) in [5.74, 6) is 0.822. The van der Waals surface area contributed by atoms with Crippen LogP contribution in [0.4, 0.5) is 0 Å². The number of amides is 1. The molecule has 1 fully saturated rings. The van der Waals surface area contributed by atoms with Crippen molar-refractivity contribution in [3.63, 3.8) is 0 Å². The Labute approximate surface area is 128 Å². The van der Waals surface area contributed by atoms with Gasteiger partial charge in [0, 0.05) is 13.1 Å². The van der Waals surface area contributed by atoms with Crippen molar-refractivity contribution in [1.29, 1.82) is 0 Å². The van der Waals surface area contributed by atoms with Gasteiger partial charge in [-0.3, -0.25) is 4.79 Å². The van der Waals surface area contributed by atoms with Gasteiger partial charge in [-0.15, -0.1) is 0 Å². The molecule has 1 saturated heterocycles. The van der Waals surface area contributed by atoms with Crippen LogP contribution in [0.3, 0.4) is 0 Å². The van der Waals surface area contributed by atoms with E-state index in [4.69, 9.17) is 4.74 Å². The van der Waals surface area contributed by atoms with E-state index in [0.717, 1.165) is 32.4 Å². The Balaban J connectivity index is 1.74. The summed E-state index contributed by atoms with van der Waals surface area (Å²) in [6.45, 7) is 7.87. The van der Waals surface area contributed by atoms with Crippen molar-refractivity contribution >= 4 is 5.91 Å². The quantitative estimate of drug-likeness (QED) is 0.851. The minimum absolute atomic E-state index is 0.128. The molecular weight excluding hydrogens is 262 g/mol. The zero-order valence-corrected chi connectivity index (χ0v) is 13.5. The van der Waals surface area contributed by atoms with Crippen LogP contribution >= 0.6 is 0 Å². The summed E-state index contributed by atoms with van der Waals surface area (Å²) >= 11 is 0. The van der Waals surface area contributed by atoms with Crippen LogP contribution in [0.1, 0.15) is 39.2 Å². The van der Waals surface area contributed by atoms with Crippen molar-refractivity contribution in [2.75, 3.05) is 19.7 Å². The Bertz CT molecular complexity index is 442. The first kappa shape index (κ1) is 16.0. The Morgan fingerprint density at radius 1 is 1.19 bits per heavy atom. The summed E-state index contributed by atoms with van der Waals surface area (Å²) in [6.07, 6.45) is 3.31. The molecule has 0 spiro atoms. The number of piperidine rings is 1. The molecule has 0 radical (unpaired) electrons. The summed E-state index contributed by atoms with van der Waals surface area (Å²) in [5.41, 5.74) is 1.15. The molecule has 0 atom stereocenters. The second-order valence-electron chi connectivity index (χ2n) is 6.91. The van der Waals surface area contributed by atoms with Crippen LogP contribution in [0, 0.1) is 5.92 Å². The van der Waals surface area contributed by atoms with E-state index >= 15 is 0 Å². The molecule has 0 saturated carbocycles. The monoisotopic (exact) mass is 289 g/mol. The first-order chi connectivity index (χ1) is 9.94. The van der Waals surface area contributed by atoms with Gasteiger partial charge in [0.1, 0.15) is 6.61 Å². The molecule has 1 heterocycles. The average molecular weight is 289 g/mol. The highest BCUT2D eigenvalue weighted by Crippen LogP contribution is 2.22. The molecule has 1 aromatic carbocycles. The molecule has 0 aromatic heterocycles. The Morgan fingerprint density at radius 2 is 1.81 bits per heavy atom. The number of carbonyl (C=O) groups is 1. The van der Waals surface area contributed by atoms with E-state index in [1.165, 1.54) is 5.56 Å². The summed E-state index contributed by atoms with van der Waals surface area (Å²) in [6, 6.07) is 10.6. The zero-order chi connectivity index (χ0) is 15.3. The van der Waals surface area contributed by atoms with Crippen LogP contribution < -0.4 is 0 Å². The Kier molecular flexibility index (Phi) is 5.40. The van der Waals surface area contributed by atoms with Crippen molar-refractivity contribution in [1.82, 2.24) is 4.90 Å². The minimum Gasteiger partial charge on any atom is -0.366 e. The number of carbonyl (C=O) groups excluding carboxylic acids is 1. The average Bonchev–Trinajstić information content (AvgIpc) is 2.46. The van der Waals surface area contributed by atoms with Gasteiger partial charge in [0.05, 0.1) is 5.60 Å². The smallest absolute Gasteiger partial charge is 0.248 e. The van der Waals surface area contributed by atoms with Crippen molar-refractivity contribution in [3.05, 3.63) is 35.9 Å². The van der Waals surface area contributed by atoms with Crippen LogP contribution in [-0.2, 0) is 16.0 Å². The summed E-state index contributed by atoms with van der Waals surface area (Å²) in [4.78, 5) is 14.1. The van der Waals surface area contributed by atoms with Gasteiger partial charge >= 0.3 is 0 Å². The molecule has 1 aromatic rings. The van der Waals surface area contributed by atoms with E-state index in [1.54, 1.807) is 0 Å². The molecule has 0 N–H and O–H groups in total. The minimum atomic E-state index is -0.249. The van der Waals surface area contributed by atoms with Crippen LogP contribution in [0.5, 0.6) is 0 Å². The van der Waals surface area contributed by atoms with Crippen LogP contribution in [0.15, 0.2) is 30.3 Å². The molecule has 0 unspecified atom stereocenters. The first-order valence-corrected chi connectivity index (χ1v) is 7.90. The predicted octanol–water partition coefficient (Wildman–Crippen LogP) is 3.28. The molecule has 3 heteroatoms. The van der Waals surface area contributed by atoms with Crippen LogP contribution in [0.25, 0.3) is 0 Å². The van der Waals surface area contributed by atoms with Gasteiger partial charge in [0.25, 0.3) is 0 Å². The van der Waals surface area contributed by atoms with E-state index in [1.807, 2.05) is 25.7 Å². The highest BCUT2D eigenvalue weighted by molar-refractivity contribution is 5.77. The maximum absolute atomic E-state index is 12.1. The number of ether oxygens (including phenoxy) is 1. The van der Waals surface area contributed by atoms with Crippen LogP contribution in [-0.4, -0.2) is 36.1 Å². The van der Waals surface area contributed by atoms with E-state index in [-0.39, 0.29) is 18.1 Å². The molecule has 1 amide bonds. The zero-order valence-electron chi connectivity index (χ0n) is 13.5. The third-order valence-corrected chi connectivity index (χ3v) is 3.96. The maximum Gasteiger partial charge on any atom is 0.248 e. The molecule has 3 nitrogen and oxygen atoms in total. The third-order valence-electron chi connectivity index (χ3n) is 3.96. The summed E-state index contributed by atoms with van der Waals surface area (Å²) in [7, 11) is 0. The van der Waals surface area contributed by atoms with Crippen molar-refractivity contribution in [2.24, 2.45) is 5.92 Å². The first-order valence-electron chi connectivity index (χ1n) is 7.90. The van der Waals surface area contributed by atoms with Crippen molar-refractivity contribution in [3.8, 4) is 0 Å². The Morgan fingerprint density at radius 3 is 2.38 bits per heavy atom. The van der Waals surface area contributed by atoms with Gasteiger partial charge in [-0.1, -0.05) is 30.3 Å². The number of hydrogen-bond donors (Lipinski definition) is 0. The molecule has 116 valence electrons. The topological polar surface area (TPSA) is 29.5 Å². The molecule has 0 aliphatic carbocycles. The van der Waals surface area contributed by atoms with Gasteiger partial charge < -0.3 is 9.64 Å². The molecule has 1 aliphatic heterocycles. The van der Waals surface area contributed by atoms with Gasteiger partial charge in [0.15, 0.2) is 0 Å². The van der Waals surface area contributed by atoms with Crippen molar-refractivity contribution < 1.29 is 9.53 Å². The van der Waals surface area contributed by atoms with Gasteiger partial charge in [-0.25, -0.2) is 0 Å². The fourth-order valence-electron chi connectivity index (χ4n) is 2.70. The predicted molar refractivity (Wildman–Crippen MR) is 85.2 cm³/mol. The highest BCUT2D eigenvalue weighted by Gasteiger charge is 2.24. The second kappa shape index (κ2) is 7.08. The number of hydrogen-bond acceptors (Lipinski definition) is 2. The highest BCUT2D eigenvalue weighted by atomic mass is 16.5. The van der Waals surface area contributed by atoms with E-state index in [9.17, 15) is 4.79 Å². The lowest BCUT2D eigenvalue weighted by atomic mass is 9.90. The fraction of sp³-hybridized carbons (Fsp3) is 0.611. The standard InChI is InChI=1S/C18H27NO2/c1-18(2,3)21-14-17(20)19-11-9-16(10-12-19)13-15-7-5-4-6-8-15/h4-8,16H,9-14H2,1-3H3. The van der Waals surface area contributed by atoms with E-state index in [0.29, 0.717) is 5.92 Å². The van der Waals surface area contributed by atoms with Gasteiger partial charge in [0.2, 0.25) is 5.91 Å². The van der Waals surface area contributed by atoms with Gasteiger partial charge in [-0.05, 0) is 51.5 Å². The van der Waals surface area contributed by atoms with E-state index in [2.05, 4.69) is 30.3 Å². The number of nitrogens with zero attached hydrogens (tertiary/aromatic N) is 1. The maximum atomic E-state index is 12.1. The lowest BCUT2D eigenvalue weighted by Crippen LogP contribution is -2.42. The van der Waals surface area contributed by atoms with E-state index < -0.39 is 0 Å². The number of rotatable bonds is 4. The lowest BCUT2D eigenvalue weighted by molar-refractivity contribution is -0.142. The molecule has 1 aliphatic rings. The number of likely N-dealkylation sites (tertiary alicyclic amines) is 1. The molecule has 0 bridgehead atoms. The normalized spacial score (nSPS) is 17.0. The third kappa shape index (κ3) is 5.50. The summed E-state index contributed by atoms with van der Waals surface area (Å²) in [5, 5.41) is 0. The number of benzene rings is 1. The van der Waals surface area contributed by atoms with Crippen LogP contribution in [0.2, 0.25) is 0 Å². The molecule has 2 rings (SSSR count). The second-order valence-corrected chi connectivity index (χ2v) is 6.91. The molecule has 21 heavy (non-hydrogen) atoms. The van der Waals surface area contributed by atoms with Crippen molar-refractivity contribution in [2.45, 2.75) is 45.6 Å². The Hall–Kier alpha value is -1.35. The lowest BCUT2D eigenvalue weighted by Gasteiger charge is -2.33. The summed E-state index contributed by atoms with van der Waals surface area (Å²) < 4.78 is 5.58. The SMILES string of the molecule is CC(C)(C)OCC(=O)N1CCC(Cc2ccccc2)CC1. The fourth-order valence-corrected chi connectivity index (χ4v) is 2.70. The van der Waals surface area contributed by atoms with Gasteiger partial charge in [-0.2, -0.15) is 0 Å².